The molecule has 1 aliphatic heterocycles. The van der Waals surface area contributed by atoms with Gasteiger partial charge in [0.2, 0.25) is 0 Å². The lowest BCUT2D eigenvalue weighted by Gasteiger charge is -2.23. The Kier molecular flexibility index (Phi) is 5.12. The van der Waals surface area contributed by atoms with Gasteiger partial charge in [-0.15, -0.1) is 6.58 Å². The summed E-state index contributed by atoms with van der Waals surface area (Å²) < 4.78 is 16.7. The minimum Gasteiger partial charge on any atom is -0.456 e. The highest BCUT2D eigenvalue weighted by molar-refractivity contribution is 5.89. The van der Waals surface area contributed by atoms with Crippen molar-refractivity contribution in [3.63, 3.8) is 0 Å². The Balaban J connectivity index is 2.05. The maximum Gasteiger partial charge on any atom is 0.338 e. The maximum absolute atomic E-state index is 12.2. The number of benzene rings is 1. The van der Waals surface area contributed by atoms with E-state index in [9.17, 15) is 14.9 Å². The second-order valence-electron chi connectivity index (χ2n) is 5.64. The van der Waals surface area contributed by atoms with Gasteiger partial charge in [-0.2, -0.15) is 0 Å². The van der Waals surface area contributed by atoms with Crippen molar-refractivity contribution in [3.05, 3.63) is 52.6 Å². The van der Waals surface area contributed by atoms with E-state index >= 15 is 0 Å². The third-order valence-corrected chi connectivity index (χ3v) is 3.42. The summed E-state index contributed by atoms with van der Waals surface area (Å²) in [7, 11) is 0. The molecule has 2 atom stereocenters. The first kappa shape index (κ1) is 17.1. The van der Waals surface area contributed by atoms with E-state index in [4.69, 9.17) is 14.2 Å². The molecular formula is C16H19NO6. The Morgan fingerprint density at radius 1 is 1.52 bits per heavy atom. The SMILES string of the molecule is C=CC[C@H](OC(=O)c1ccc([N+](=O)[O-])cc1)[C@@H]1COC(C)(C)O1. The number of rotatable bonds is 6. The van der Waals surface area contributed by atoms with Crippen LogP contribution in [0.25, 0.3) is 0 Å². The van der Waals surface area contributed by atoms with Gasteiger partial charge in [-0.05, 0) is 26.0 Å². The zero-order valence-electron chi connectivity index (χ0n) is 13.1. The molecule has 0 radical (unpaired) electrons. The first-order valence-electron chi connectivity index (χ1n) is 7.20. The van der Waals surface area contributed by atoms with Crippen molar-refractivity contribution < 1.29 is 23.9 Å². The van der Waals surface area contributed by atoms with E-state index in [0.717, 1.165) is 0 Å². The van der Waals surface area contributed by atoms with Crippen LogP contribution in [0.5, 0.6) is 0 Å². The summed E-state index contributed by atoms with van der Waals surface area (Å²) in [5, 5.41) is 10.6. The zero-order valence-corrected chi connectivity index (χ0v) is 13.1. The van der Waals surface area contributed by atoms with Gasteiger partial charge in [0.1, 0.15) is 12.2 Å². The number of carbonyl (C=O) groups excluding carboxylic acids is 1. The van der Waals surface area contributed by atoms with E-state index in [0.29, 0.717) is 13.0 Å². The summed E-state index contributed by atoms with van der Waals surface area (Å²) in [4.78, 5) is 22.3. The first-order chi connectivity index (χ1) is 10.8. The van der Waals surface area contributed by atoms with Crippen LogP contribution < -0.4 is 0 Å². The molecule has 0 amide bonds. The summed E-state index contributed by atoms with van der Waals surface area (Å²) in [5.41, 5.74) is 0.154. The third kappa shape index (κ3) is 4.37. The molecule has 23 heavy (non-hydrogen) atoms. The van der Waals surface area contributed by atoms with Crippen LogP contribution >= 0.6 is 0 Å². The highest BCUT2D eigenvalue weighted by Gasteiger charge is 2.38. The van der Waals surface area contributed by atoms with Crippen LogP contribution in [-0.2, 0) is 14.2 Å². The highest BCUT2D eigenvalue weighted by atomic mass is 16.8. The molecule has 1 aromatic rings. The summed E-state index contributed by atoms with van der Waals surface area (Å²) in [6, 6.07) is 5.25. The molecule has 2 rings (SSSR count). The number of nitro groups is 1. The quantitative estimate of drug-likeness (QED) is 0.346. The maximum atomic E-state index is 12.2. The van der Waals surface area contributed by atoms with Gasteiger partial charge in [-0.1, -0.05) is 6.08 Å². The second kappa shape index (κ2) is 6.89. The standard InChI is InChI=1S/C16H19NO6/c1-4-5-13(14-10-21-16(2,3)23-14)22-15(18)11-6-8-12(9-7-11)17(19)20/h4,6-9,13-14H,1,5,10H2,2-3H3/t13-,14-/m0/s1. The number of non-ortho nitro benzene ring substituents is 1. The number of hydrogen-bond donors (Lipinski definition) is 0. The topological polar surface area (TPSA) is 87.9 Å². The van der Waals surface area contributed by atoms with Crippen molar-refractivity contribution in [2.45, 2.75) is 38.3 Å². The van der Waals surface area contributed by atoms with Crippen molar-refractivity contribution in [2.75, 3.05) is 6.61 Å². The average molecular weight is 321 g/mol. The van der Waals surface area contributed by atoms with E-state index in [1.165, 1.54) is 24.3 Å². The largest absolute Gasteiger partial charge is 0.456 e. The summed E-state index contributed by atoms with van der Waals surface area (Å²) >= 11 is 0. The third-order valence-electron chi connectivity index (χ3n) is 3.42. The summed E-state index contributed by atoms with van der Waals surface area (Å²) in [6.07, 6.45) is 1.15. The highest BCUT2D eigenvalue weighted by Crippen LogP contribution is 2.27. The van der Waals surface area contributed by atoms with Gasteiger partial charge in [0.25, 0.3) is 5.69 Å². The predicted octanol–water partition coefficient (Wildman–Crippen LogP) is 2.85. The summed E-state index contributed by atoms with van der Waals surface area (Å²) in [6.45, 7) is 7.55. The van der Waals surface area contributed by atoms with E-state index in [-0.39, 0.29) is 17.4 Å². The molecule has 1 aromatic carbocycles. The average Bonchev–Trinajstić information content (AvgIpc) is 2.87. The number of nitro benzene ring substituents is 1. The molecule has 0 aliphatic carbocycles. The zero-order chi connectivity index (χ0) is 17.0. The van der Waals surface area contributed by atoms with Gasteiger partial charge >= 0.3 is 5.97 Å². The normalized spacial score (nSPS) is 20.7. The molecule has 0 bridgehead atoms. The lowest BCUT2D eigenvalue weighted by Crippen LogP contribution is -2.34. The molecule has 1 heterocycles. The Morgan fingerprint density at radius 3 is 2.65 bits per heavy atom. The molecule has 0 aromatic heterocycles. The molecule has 7 nitrogen and oxygen atoms in total. The fourth-order valence-electron chi connectivity index (χ4n) is 2.26. The lowest BCUT2D eigenvalue weighted by molar-refractivity contribution is -0.384. The van der Waals surface area contributed by atoms with Crippen LogP contribution in [0.4, 0.5) is 5.69 Å². The monoisotopic (exact) mass is 321 g/mol. The van der Waals surface area contributed by atoms with Crippen molar-refractivity contribution in [3.8, 4) is 0 Å². The number of nitrogens with zero attached hydrogens (tertiary/aromatic N) is 1. The summed E-state index contributed by atoms with van der Waals surface area (Å²) in [5.74, 6) is -1.29. The van der Waals surface area contributed by atoms with E-state index in [1.54, 1.807) is 19.9 Å². The van der Waals surface area contributed by atoms with E-state index < -0.39 is 22.8 Å². The molecule has 124 valence electrons. The molecule has 7 heteroatoms. The van der Waals surface area contributed by atoms with Crippen molar-refractivity contribution in [1.82, 2.24) is 0 Å². The Morgan fingerprint density at radius 2 is 2.17 bits per heavy atom. The van der Waals surface area contributed by atoms with Gasteiger partial charge in [0.15, 0.2) is 5.79 Å². The molecule has 1 aliphatic rings. The smallest absolute Gasteiger partial charge is 0.338 e. The van der Waals surface area contributed by atoms with Crippen molar-refractivity contribution in [2.24, 2.45) is 0 Å². The molecule has 0 unspecified atom stereocenters. The predicted molar refractivity (Wildman–Crippen MR) is 82.0 cm³/mol. The Bertz CT molecular complexity index is 595. The Labute approximate surface area is 134 Å². The molecule has 0 N–H and O–H groups in total. The number of hydrogen-bond acceptors (Lipinski definition) is 6. The van der Waals surface area contributed by atoms with Gasteiger partial charge in [-0.3, -0.25) is 10.1 Å². The van der Waals surface area contributed by atoms with Crippen molar-refractivity contribution >= 4 is 11.7 Å². The number of carbonyl (C=O) groups is 1. The van der Waals surface area contributed by atoms with Gasteiger partial charge in [-0.25, -0.2) is 4.79 Å². The minimum absolute atomic E-state index is 0.0848. The fraction of sp³-hybridized carbons (Fsp3) is 0.438. The molecule has 1 fully saturated rings. The van der Waals surface area contributed by atoms with Gasteiger partial charge in [0.05, 0.1) is 17.1 Å². The van der Waals surface area contributed by atoms with E-state index in [1.807, 2.05) is 0 Å². The molecule has 1 saturated heterocycles. The fourth-order valence-corrected chi connectivity index (χ4v) is 2.26. The Hall–Kier alpha value is -2.25. The van der Waals surface area contributed by atoms with Crippen LogP contribution in [-0.4, -0.2) is 35.5 Å². The van der Waals surface area contributed by atoms with Gasteiger partial charge < -0.3 is 14.2 Å². The molecule has 0 spiro atoms. The molecule has 0 saturated carbocycles. The number of ether oxygens (including phenoxy) is 3. The lowest BCUT2D eigenvalue weighted by atomic mass is 10.1. The van der Waals surface area contributed by atoms with Crippen LogP contribution in [0, 0.1) is 10.1 Å². The van der Waals surface area contributed by atoms with Gasteiger partial charge in [0, 0.05) is 18.6 Å². The first-order valence-corrected chi connectivity index (χ1v) is 7.20. The number of esters is 1. The second-order valence-corrected chi connectivity index (χ2v) is 5.64. The van der Waals surface area contributed by atoms with E-state index in [2.05, 4.69) is 6.58 Å². The van der Waals surface area contributed by atoms with Crippen LogP contribution in [0.1, 0.15) is 30.6 Å². The van der Waals surface area contributed by atoms with Crippen molar-refractivity contribution in [1.29, 1.82) is 0 Å². The molecular weight excluding hydrogens is 302 g/mol. The van der Waals surface area contributed by atoms with Crippen LogP contribution in [0.2, 0.25) is 0 Å². The minimum atomic E-state index is -0.718. The van der Waals surface area contributed by atoms with Crippen LogP contribution in [0.15, 0.2) is 36.9 Å². The van der Waals surface area contributed by atoms with Crippen LogP contribution in [0.3, 0.4) is 0 Å².